The number of hydrogen-bond donors (Lipinski definition) is 3. The first kappa shape index (κ1) is 39.9. The summed E-state index contributed by atoms with van der Waals surface area (Å²) >= 11 is 0. The number of carboxylic acid groups (broad SMARTS) is 1. The lowest BCUT2D eigenvalue weighted by molar-refractivity contribution is -0.142. The maximum atomic E-state index is 11.1. The molecule has 0 fully saturated rings. The van der Waals surface area contributed by atoms with Crippen LogP contribution in [0.4, 0.5) is 0 Å². The van der Waals surface area contributed by atoms with Crippen molar-refractivity contribution < 1.29 is 43.2 Å². The van der Waals surface area contributed by atoms with Gasteiger partial charge in [0.2, 0.25) is 5.91 Å². The van der Waals surface area contributed by atoms with Gasteiger partial charge in [-0.05, 0) is 24.9 Å². The second-order valence-corrected chi connectivity index (χ2v) is 6.06. The lowest BCUT2D eigenvalue weighted by Gasteiger charge is -2.05. The number of carbonyl (C=O) groups excluding carboxylic acids is 3. The van der Waals surface area contributed by atoms with E-state index in [2.05, 4.69) is 30.1 Å². The quantitative estimate of drug-likeness (QED) is 0.0920. The summed E-state index contributed by atoms with van der Waals surface area (Å²) in [5, 5.41) is 17.0. The van der Waals surface area contributed by atoms with Gasteiger partial charge in [-0.25, -0.2) is 4.79 Å². The molecule has 36 heavy (non-hydrogen) atoms. The van der Waals surface area contributed by atoms with Crippen LogP contribution in [0, 0.1) is 0 Å². The van der Waals surface area contributed by atoms with E-state index in [1.807, 2.05) is 0 Å². The number of ether oxygens (including phenoxy) is 4. The molecule has 0 heterocycles. The molecule has 0 aliphatic carbocycles. The Bertz CT molecular complexity index is 678. The molecule has 0 aromatic heterocycles. The number of amides is 1. The zero-order chi connectivity index (χ0) is 27.2. The van der Waals surface area contributed by atoms with Crippen molar-refractivity contribution in [1.29, 1.82) is 0 Å². The Balaban J connectivity index is -0.000000230. The summed E-state index contributed by atoms with van der Waals surface area (Å²) in [6, 6.07) is 0. The van der Waals surface area contributed by atoms with Crippen LogP contribution in [0.25, 0.3) is 20.9 Å². The lowest BCUT2D eigenvalue weighted by atomic mass is 10.5. The van der Waals surface area contributed by atoms with Crippen molar-refractivity contribution in [2.45, 2.75) is 21.3 Å². The van der Waals surface area contributed by atoms with Crippen molar-refractivity contribution >= 4 is 23.4 Å². The number of rotatable bonds is 19. The molecule has 0 aromatic rings. The van der Waals surface area contributed by atoms with Crippen molar-refractivity contribution in [2.75, 3.05) is 79.0 Å². The van der Waals surface area contributed by atoms with E-state index in [0.29, 0.717) is 19.7 Å². The highest BCUT2D eigenvalue weighted by Gasteiger charge is 2.00. The van der Waals surface area contributed by atoms with Gasteiger partial charge in [0.25, 0.3) is 0 Å². The molecular weight excluding hydrogens is 484 g/mol. The van der Waals surface area contributed by atoms with Crippen molar-refractivity contribution in [3.63, 3.8) is 0 Å². The van der Waals surface area contributed by atoms with Gasteiger partial charge in [0.05, 0.1) is 26.4 Å². The Hall–Kier alpha value is -3.30. The summed E-state index contributed by atoms with van der Waals surface area (Å²) in [5.41, 5.74) is 20.8. The molecule has 1 amide bonds. The standard InChI is InChI=1S/C9H16N4O4.C5H11NO2.C4H7N3O3.CH4/c1-8(14)6-16-4-2-11-9(15)7-17-5-3-12-13-10;1-5(7)4-8-3-2-6;5-7-6-1-2-10-3-4(8)9;/h2-7H2,1H3,(H,11,15);2-4,6H2,1H3;1-3H2,(H,8,9);1H4. The third kappa shape index (κ3) is 48.2. The van der Waals surface area contributed by atoms with Gasteiger partial charge in [-0.3, -0.25) is 14.4 Å². The molecule has 0 bridgehead atoms. The Morgan fingerprint density at radius 3 is 1.67 bits per heavy atom. The molecule has 0 atom stereocenters. The molecule has 17 nitrogen and oxygen atoms in total. The SMILES string of the molecule is C.CC(=O)COCCN.CC(=O)COCCNC(=O)COCCN=[N+]=[N-].[N-]=[N+]=NCCOCC(=O)O. The molecule has 0 saturated carbocycles. The van der Waals surface area contributed by atoms with Gasteiger partial charge in [0, 0.05) is 36.0 Å². The Morgan fingerprint density at radius 1 is 0.806 bits per heavy atom. The van der Waals surface area contributed by atoms with Crippen LogP contribution in [-0.4, -0.2) is 108 Å². The molecule has 4 N–H and O–H groups in total. The van der Waals surface area contributed by atoms with E-state index >= 15 is 0 Å². The normalized spacial score (nSPS) is 8.86. The zero-order valence-corrected chi connectivity index (χ0v) is 20.0. The summed E-state index contributed by atoms with van der Waals surface area (Å²) < 4.78 is 19.2. The number of ketones is 2. The minimum Gasteiger partial charge on any atom is -0.480 e. The maximum absolute atomic E-state index is 11.1. The highest BCUT2D eigenvalue weighted by atomic mass is 16.5. The first-order chi connectivity index (χ1) is 16.7. The van der Waals surface area contributed by atoms with Crippen LogP contribution in [0.5, 0.6) is 0 Å². The van der Waals surface area contributed by atoms with Crippen LogP contribution >= 0.6 is 0 Å². The smallest absolute Gasteiger partial charge is 0.329 e. The fourth-order valence-electron chi connectivity index (χ4n) is 1.45. The van der Waals surface area contributed by atoms with E-state index in [1.54, 1.807) is 0 Å². The van der Waals surface area contributed by atoms with Crippen molar-refractivity contribution in [3.8, 4) is 0 Å². The zero-order valence-electron chi connectivity index (χ0n) is 20.0. The van der Waals surface area contributed by atoms with E-state index in [-0.39, 0.29) is 84.2 Å². The molecule has 0 radical (unpaired) electrons. The number of azide groups is 2. The third-order valence-corrected chi connectivity index (χ3v) is 2.70. The van der Waals surface area contributed by atoms with Crippen molar-refractivity contribution in [3.05, 3.63) is 20.9 Å². The van der Waals surface area contributed by atoms with Gasteiger partial charge < -0.3 is 35.1 Å². The number of nitrogens with two attached hydrogens (primary N) is 1. The highest BCUT2D eigenvalue weighted by Crippen LogP contribution is 1.80. The second kappa shape index (κ2) is 33.9. The van der Waals surface area contributed by atoms with Crippen LogP contribution in [0.3, 0.4) is 0 Å². The van der Waals surface area contributed by atoms with Gasteiger partial charge in [-0.2, -0.15) is 0 Å². The molecule has 0 rings (SSSR count). The molecule has 0 aliphatic heterocycles. The van der Waals surface area contributed by atoms with Crippen molar-refractivity contribution in [2.24, 2.45) is 16.0 Å². The minimum absolute atomic E-state index is 0. The van der Waals surface area contributed by atoms with Gasteiger partial charge in [-0.1, -0.05) is 17.7 Å². The Labute approximate surface area is 209 Å². The van der Waals surface area contributed by atoms with Gasteiger partial charge in [-0.15, -0.1) is 0 Å². The molecule has 0 unspecified atom stereocenters. The molecule has 0 aliphatic rings. The second-order valence-electron chi connectivity index (χ2n) is 6.06. The molecule has 208 valence electrons. The lowest BCUT2D eigenvalue weighted by Crippen LogP contribution is -2.31. The van der Waals surface area contributed by atoms with E-state index in [4.69, 9.17) is 36.1 Å². The van der Waals surface area contributed by atoms with Crippen LogP contribution in [0.2, 0.25) is 0 Å². The van der Waals surface area contributed by atoms with Gasteiger partial charge in [0.15, 0.2) is 11.6 Å². The highest BCUT2D eigenvalue weighted by molar-refractivity contribution is 5.77. The average Bonchev–Trinajstić information content (AvgIpc) is 2.79. The fraction of sp³-hybridized carbons (Fsp3) is 0.789. The van der Waals surface area contributed by atoms with Gasteiger partial charge in [0.1, 0.15) is 26.4 Å². The van der Waals surface area contributed by atoms with E-state index in [0.717, 1.165) is 0 Å². The first-order valence-corrected chi connectivity index (χ1v) is 10.2. The predicted octanol–water partition coefficient (Wildman–Crippen LogP) is 0.620. The Kier molecular flexibility index (Phi) is 37.5. The van der Waals surface area contributed by atoms with Gasteiger partial charge >= 0.3 is 5.97 Å². The summed E-state index contributed by atoms with van der Waals surface area (Å²) in [4.78, 5) is 46.6. The number of Topliss-reactive ketones (excluding diaryl/α,β-unsaturated/α-hetero) is 2. The van der Waals surface area contributed by atoms with Crippen LogP contribution in [-0.2, 0) is 38.1 Å². The van der Waals surface area contributed by atoms with E-state index in [9.17, 15) is 19.2 Å². The van der Waals surface area contributed by atoms with Crippen LogP contribution in [0.15, 0.2) is 10.2 Å². The number of aliphatic carboxylic acids is 1. The average molecular weight is 523 g/mol. The monoisotopic (exact) mass is 522 g/mol. The Morgan fingerprint density at radius 2 is 1.25 bits per heavy atom. The summed E-state index contributed by atoms with van der Waals surface area (Å²) in [6.07, 6.45) is 0. The number of nitrogens with zero attached hydrogens (tertiary/aromatic N) is 6. The van der Waals surface area contributed by atoms with E-state index in [1.165, 1.54) is 13.8 Å². The van der Waals surface area contributed by atoms with E-state index < -0.39 is 5.97 Å². The fourth-order valence-corrected chi connectivity index (χ4v) is 1.45. The summed E-state index contributed by atoms with van der Waals surface area (Å²) in [5.74, 6) is -1.32. The summed E-state index contributed by atoms with van der Waals surface area (Å²) in [7, 11) is 0. The largest absolute Gasteiger partial charge is 0.480 e. The summed E-state index contributed by atoms with van der Waals surface area (Å²) in [6.45, 7) is 5.00. The molecular formula is C19H38N8O9. The number of nitrogens with one attached hydrogen (secondary N) is 1. The predicted molar refractivity (Wildman–Crippen MR) is 129 cm³/mol. The number of carbonyl (C=O) groups is 4. The molecule has 0 aromatic carbocycles. The number of carboxylic acids is 1. The third-order valence-electron chi connectivity index (χ3n) is 2.70. The maximum Gasteiger partial charge on any atom is 0.329 e. The van der Waals surface area contributed by atoms with Crippen LogP contribution < -0.4 is 11.1 Å². The number of hydrogen-bond acceptors (Lipinski definition) is 11. The first-order valence-electron chi connectivity index (χ1n) is 10.2. The minimum atomic E-state index is -1.03. The molecule has 0 spiro atoms. The van der Waals surface area contributed by atoms with Crippen LogP contribution in [0.1, 0.15) is 21.3 Å². The molecule has 17 heteroatoms. The molecule has 0 saturated heterocycles. The van der Waals surface area contributed by atoms with Crippen molar-refractivity contribution in [1.82, 2.24) is 5.32 Å². The topological polar surface area (TPSA) is 261 Å².